The molecular formula is C22H28BrN3O6. The van der Waals surface area contributed by atoms with Crippen LogP contribution in [0, 0.1) is 0 Å². The van der Waals surface area contributed by atoms with Crippen LogP contribution in [0.25, 0.3) is 0 Å². The molecule has 0 aliphatic carbocycles. The molecule has 0 bridgehead atoms. The average Bonchev–Trinajstić information content (AvgIpc) is 2.81. The number of carbonyl (C=O) groups excluding carboxylic acids is 1. The van der Waals surface area contributed by atoms with Gasteiger partial charge < -0.3 is 19.1 Å². The van der Waals surface area contributed by atoms with Crippen molar-refractivity contribution in [2.24, 2.45) is 0 Å². The van der Waals surface area contributed by atoms with Crippen LogP contribution in [0.1, 0.15) is 5.56 Å². The molecule has 1 fully saturated rings. The molecule has 1 unspecified atom stereocenters. The fourth-order valence-corrected chi connectivity index (χ4v) is 3.86. The van der Waals surface area contributed by atoms with E-state index in [4.69, 9.17) is 23.9 Å². The standard InChI is InChI=1S/C22H28BrN3O6/c1-28-20-11-7-5-9-18(20)25-14-12-24(13-15-25)16-17-8-4-6-10-19(17)31-21(23)32-22(27)26(29-2)30-3/h4-11,21H,12-16H2,1-3H3. The first-order valence-corrected chi connectivity index (χ1v) is 11.0. The van der Waals surface area contributed by atoms with Crippen LogP contribution in [-0.2, 0) is 21.0 Å². The first kappa shape index (κ1) is 24.1. The van der Waals surface area contributed by atoms with Gasteiger partial charge in [0.2, 0.25) is 0 Å². The second kappa shape index (κ2) is 11.9. The zero-order valence-electron chi connectivity index (χ0n) is 18.4. The van der Waals surface area contributed by atoms with E-state index < -0.39 is 11.3 Å². The predicted octanol–water partition coefficient (Wildman–Crippen LogP) is 3.64. The number of para-hydroxylation sites is 3. The fraction of sp³-hybridized carbons (Fsp3) is 0.409. The maximum absolute atomic E-state index is 11.9. The second-order valence-electron chi connectivity index (χ2n) is 6.94. The van der Waals surface area contributed by atoms with Crippen LogP contribution in [-0.4, -0.2) is 68.9 Å². The number of amides is 1. The molecule has 0 spiro atoms. The summed E-state index contributed by atoms with van der Waals surface area (Å²) in [6.07, 6.45) is -0.846. The van der Waals surface area contributed by atoms with Crippen LogP contribution in [0.4, 0.5) is 10.5 Å². The number of nitrogens with zero attached hydrogens (tertiary/aromatic N) is 3. The molecule has 0 aromatic heterocycles. The maximum Gasteiger partial charge on any atom is 0.463 e. The van der Waals surface area contributed by atoms with Gasteiger partial charge in [0, 0.05) is 54.2 Å². The molecule has 1 aliphatic rings. The van der Waals surface area contributed by atoms with Crippen molar-refractivity contribution < 1.29 is 28.7 Å². The van der Waals surface area contributed by atoms with Gasteiger partial charge >= 0.3 is 11.3 Å². The minimum atomic E-state index is -1.01. The Hall–Kier alpha value is -2.53. The van der Waals surface area contributed by atoms with E-state index in [1.54, 1.807) is 7.11 Å². The molecule has 0 N–H and O–H groups in total. The summed E-state index contributed by atoms with van der Waals surface area (Å²) < 4.78 is 16.4. The van der Waals surface area contributed by atoms with Crippen molar-refractivity contribution in [2.45, 2.75) is 11.7 Å². The van der Waals surface area contributed by atoms with Crippen LogP contribution < -0.4 is 14.4 Å². The van der Waals surface area contributed by atoms with E-state index >= 15 is 0 Å². The molecule has 9 nitrogen and oxygen atoms in total. The highest BCUT2D eigenvalue weighted by Crippen LogP contribution is 2.29. The number of hydroxylamine groups is 2. The molecule has 1 heterocycles. The smallest absolute Gasteiger partial charge is 0.463 e. The Kier molecular flexibility index (Phi) is 8.98. The molecule has 2 aromatic rings. The number of alkyl halides is 1. The van der Waals surface area contributed by atoms with Crippen molar-refractivity contribution in [2.75, 3.05) is 52.4 Å². The Morgan fingerprint density at radius 2 is 1.59 bits per heavy atom. The van der Waals surface area contributed by atoms with E-state index in [0.29, 0.717) is 17.5 Å². The molecule has 10 heteroatoms. The summed E-state index contributed by atoms with van der Waals surface area (Å²) in [6.45, 7) is 4.30. The topological polar surface area (TPSA) is 72.9 Å². The monoisotopic (exact) mass is 509 g/mol. The summed E-state index contributed by atoms with van der Waals surface area (Å²) in [6, 6.07) is 15.7. The minimum Gasteiger partial charge on any atom is -0.495 e. The van der Waals surface area contributed by atoms with E-state index in [0.717, 1.165) is 43.2 Å². The van der Waals surface area contributed by atoms with Crippen LogP contribution in [0.2, 0.25) is 0 Å². The molecule has 174 valence electrons. The Bertz CT molecular complexity index is 874. The van der Waals surface area contributed by atoms with Gasteiger partial charge in [0.25, 0.3) is 0 Å². The number of benzene rings is 2. The normalized spacial score (nSPS) is 15.2. The summed E-state index contributed by atoms with van der Waals surface area (Å²) in [7, 11) is 4.28. The predicted molar refractivity (Wildman–Crippen MR) is 123 cm³/mol. The number of ether oxygens (including phenoxy) is 3. The lowest BCUT2D eigenvalue weighted by Gasteiger charge is -2.36. The summed E-state index contributed by atoms with van der Waals surface area (Å²) in [4.78, 5) is 26.1. The molecule has 3 rings (SSSR count). The first-order chi connectivity index (χ1) is 15.5. The fourth-order valence-electron chi connectivity index (χ4n) is 3.50. The van der Waals surface area contributed by atoms with Crippen LogP contribution in [0.15, 0.2) is 48.5 Å². The largest absolute Gasteiger partial charge is 0.495 e. The van der Waals surface area contributed by atoms with Crippen molar-refractivity contribution in [3.05, 3.63) is 54.1 Å². The van der Waals surface area contributed by atoms with Gasteiger partial charge in [-0.2, -0.15) is 0 Å². The number of anilines is 1. The minimum absolute atomic E-state index is 0.602. The SMILES string of the molecule is COc1ccccc1N1CCN(Cc2ccccc2OC(Br)OC(=O)N(OC)OC)CC1. The Morgan fingerprint density at radius 1 is 0.969 bits per heavy atom. The van der Waals surface area contributed by atoms with E-state index in [2.05, 4.69) is 31.8 Å². The second-order valence-corrected chi connectivity index (χ2v) is 7.69. The first-order valence-electron chi connectivity index (χ1n) is 10.1. The molecule has 0 radical (unpaired) electrons. The number of methoxy groups -OCH3 is 1. The highest BCUT2D eigenvalue weighted by atomic mass is 79.9. The van der Waals surface area contributed by atoms with E-state index in [-0.39, 0.29) is 0 Å². The van der Waals surface area contributed by atoms with Crippen molar-refractivity contribution in [1.82, 2.24) is 10.1 Å². The van der Waals surface area contributed by atoms with Gasteiger partial charge in [-0.3, -0.25) is 4.90 Å². The lowest BCUT2D eigenvalue weighted by Crippen LogP contribution is -2.46. The molecule has 1 atom stereocenters. The van der Waals surface area contributed by atoms with E-state index in [1.807, 2.05) is 42.5 Å². The van der Waals surface area contributed by atoms with Gasteiger partial charge in [-0.25, -0.2) is 14.5 Å². The Morgan fingerprint density at radius 3 is 2.25 bits per heavy atom. The molecule has 0 saturated carbocycles. The maximum atomic E-state index is 11.9. The number of halogens is 1. The lowest BCUT2D eigenvalue weighted by molar-refractivity contribution is -0.311. The average molecular weight is 510 g/mol. The molecular weight excluding hydrogens is 482 g/mol. The Labute approximate surface area is 196 Å². The van der Waals surface area contributed by atoms with Gasteiger partial charge in [-0.15, -0.1) is 0 Å². The van der Waals surface area contributed by atoms with Gasteiger partial charge in [0.15, 0.2) is 0 Å². The van der Waals surface area contributed by atoms with Crippen molar-refractivity contribution >= 4 is 27.7 Å². The quantitative estimate of drug-likeness (QED) is 0.288. The van der Waals surface area contributed by atoms with Crippen molar-refractivity contribution in [3.63, 3.8) is 0 Å². The van der Waals surface area contributed by atoms with Crippen LogP contribution in [0.3, 0.4) is 0 Å². The zero-order chi connectivity index (χ0) is 22.9. The van der Waals surface area contributed by atoms with Crippen LogP contribution >= 0.6 is 15.9 Å². The van der Waals surface area contributed by atoms with Gasteiger partial charge in [0.05, 0.1) is 27.0 Å². The molecule has 1 aliphatic heterocycles. The van der Waals surface area contributed by atoms with Crippen LogP contribution in [0.5, 0.6) is 11.5 Å². The van der Waals surface area contributed by atoms with Gasteiger partial charge in [-0.1, -0.05) is 30.3 Å². The number of rotatable bonds is 9. The van der Waals surface area contributed by atoms with Gasteiger partial charge in [0.1, 0.15) is 11.5 Å². The number of carbonyl (C=O) groups is 1. The highest BCUT2D eigenvalue weighted by Gasteiger charge is 2.23. The third kappa shape index (κ3) is 6.26. The van der Waals surface area contributed by atoms with Crippen molar-refractivity contribution in [1.29, 1.82) is 0 Å². The zero-order valence-corrected chi connectivity index (χ0v) is 20.0. The lowest BCUT2D eigenvalue weighted by atomic mass is 10.1. The van der Waals surface area contributed by atoms with E-state index in [1.165, 1.54) is 14.2 Å². The van der Waals surface area contributed by atoms with Crippen molar-refractivity contribution in [3.8, 4) is 11.5 Å². The Balaban J connectivity index is 1.57. The third-order valence-electron chi connectivity index (χ3n) is 5.06. The molecule has 1 saturated heterocycles. The van der Waals surface area contributed by atoms with E-state index in [9.17, 15) is 4.79 Å². The number of hydrogen-bond donors (Lipinski definition) is 0. The number of hydrogen-bond acceptors (Lipinski definition) is 8. The molecule has 1 amide bonds. The third-order valence-corrected chi connectivity index (χ3v) is 5.43. The van der Waals surface area contributed by atoms with Gasteiger partial charge in [-0.05, 0) is 23.4 Å². The number of piperazine rings is 1. The highest BCUT2D eigenvalue weighted by molar-refractivity contribution is 9.09. The molecule has 32 heavy (non-hydrogen) atoms. The summed E-state index contributed by atoms with van der Waals surface area (Å²) in [5.74, 6) is 1.51. The summed E-state index contributed by atoms with van der Waals surface area (Å²) >= 11 is 3.21. The summed E-state index contributed by atoms with van der Waals surface area (Å²) in [5.41, 5.74) is 2.11. The molecule has 2 aromatic carbocycles. The summed E-state index contributed by atoms with van der Waals surface area (Å²) in [5, 5.41) is -0.406.